The quantitative estimate of drug-likeness (QED) is 0.822. The van der Waals surface area contributed by atoms with Gasteiger partial charge in [-0.05, 0) is 45.4 Å². The van der Waals surface area contributed by atoms with Gasteiger partial charge in [0.25, 0.3) is 0 Å². The number of carboxylic acid groups (broad SMARTS) is 1. The molecule has 1 rings (SSSR count). The number of ether oxygens (including phenoxy) is 1. The van der Waals surface area contributed by atoms with E-state index >= 15 is 0 Å². The lowest BCUT2D eigenvalue weighted by molar-refractivity contribution is -0.139. The Hall–Kier alpha value is -1.30. The summed E-state index contributed by atoms with van der Waals surface area (Å²) in [6, 6.07) is 0. The normalized spacial score (nSPS) is 21.4. The van der Waals surface area contributed by atoms with E-state index in [2.05, 4.69) is 0 Å². The van der Waals surface area contributed by atoms with Gasteiger partial charge in [-0.3, -0.25) is 4.79 Å². The average Bonchev–Trinajstić information content (AvgIpc) is 2.34. The van der Waals surface area contributed by atoms with Crippen LogP contribution >= 0.6 is 0 Å². The van der Waals surface area contributed by atoms with Crippen LogP contribution in [-0.2, 0) is 9.53 Å². The minimum absolute atomic E-state index is 0.0115. The van der Waals surface area contributed by atoms with Crippen LogP contribution in [0.1, 0.15) is 40.0 Å². The van der Waals surface area contributed by atoms with Crippen molar-refractivity contribution < 1.29 is 24.5 Å². The molecule has 0 aromatic carbocycles. The summed E-state index contributed by atoms with van der Waals surface area (Å²) in [7, 11) is 0. The smallest absolute Gasteiger partial charge is 0.410 e. The molecule has 1 amide bonds. The van der Waals surface area contributed by atoms with Gasteiger partial charge in [0.05, 0.1) is 6.42 Å². The van der Waals surface area contributed by atoms with E-state index in [1.807, 2.05) is 20.8 Å². The van der Waals surface area contributed by atoms with E-state index in [4.69, 9.17) is 9.84 Å². The van der Waals surface area contributed by atoms with Gasteiger partial charge in [0.2, 0.25) is 0 Å². The van der Waals surface area contributed by atoms with Crippen molar-refractivity contribution in [2.24, 2.45) is 11.8 Å². The molecule has 2 atom stereocenters. The van der Waals surface area contributed by atoms with Gasteiger partial charge in [0, 0.05) is 19.7 Å². The Labute approximate surface area is 119 Å². The van der Waals surface area contributed by atoms with Gasteiger partial charge in [-0.25, -0.2) is 4.79 Å². The van der Waals surface area contributed by atoms with Crippen molar-refractivity contribution in [3.8, 4) is 0 Å². The Balaban J connectivity index is 2.61. The zero-order valence-corrected chi connectivity index (χ0v) is 12.5. The predicted octanol–water partition coefficient (Wildman–Crippen LogP) is 1.72. The highest BCUT2D eigenvalue weighted by molar-refractivity contribution is 5.68. The SMILES string of the molecule is CC(C)(C)OC(=O)N1CCCC(C(CO)CC(=O)O)C1. The van der Waals surface area contributed by atoms with Gasteiger partial charge in [0.15, 0.2) is 0 Å². The number of nitrogens with zero attached hydrogens (tertiary/aromatic N) is 1. The zero-order chi connectivity index (χ0) is 15.3. The number of amides is 1. The summed E-state index contributed by atoms with van der Waals surface area (Å²) in [5.41, 5.74) is -0.540. The minimum Gasteiger partial charge on any atom is -0.481 e. The molecule has 0 spiro atoms. The van der Waals surface area contributed by atoms with Crippen molar-refractivity contribution in [2.75, 3.05) is 19.7 Å². The summed E-state index contributed by atoms with van der Waals surface area (Å²) in [5, 5.41) is 18.2. The fraction of sp³-hybridized carbons (Fsp3) is 0.857. The molecule has 1 aliphatic heterocycles. The number of aliphatic hydroxyl groups excluding tert-OH is 1. The first kappa shape index (κ1) is 16.8. The number of likely N-dealkylation sites (tertiary alicyclic amines) is 1. The van der Waals surface area contributed by atoms with Gasteiger partial charge in [0.1, 0.15) is 5.60 Å². The van der Waals surface area contributed by atoms with Crippen molar-refractivity contribution in [2.45, 2.75) is 45.6 Å². The second-order valence-electron chi connectivity index (χ2n) is 6.37. The molecule has 1 heterocycles. The maximum absolute atomic E-state index is 12.0. The maximum atomic E-state index is 12.0. The van der Waals surface area contributed by atoms with Gasteiger partial charge in [-0.15, -0.1) is 0 Å². The number of hydrogen-bond donors (Lipinski definition) is 2. The number of carbonyl (C=O) groups is 2. The highest BCUT2D eigenvalue weighted by Crippen LogP contribution is 2.27. The molecular weight excluding hydrogens is 262 g/mol. The van der Waals surface area contributed by atoms with E-state index in [0.29, 0.717) is 13.1 Å². The number of hydrogen-bond acceptors (Lipinski definition) is 4. The fourth-order valence-electron chi connectivity index (χ4n) is 2.49. The summed E-state index contributed by atoms with van der Waals surface area (Å²) in [6.45, 7) is 6.34. The van der Waals surface area contributed by atoms with E-state index < -0.39 is 11.6 Å². The first-order valence-electron chi connectivity index (χ1n) is 7.03. The molecule has 0 aromatic rings. The van der Waals surface area contributed by atoms with Crippen molar-refractivity contribution in [3.05, 3.63) is 0 Å². The van der Waals surface area contributed by atoms with Crippen molar-refractivity contribution in [1.29, 1.82) is 0 Å². The molecule has 6 heteroatoms. The third kappa shape index (κ3) is 5.36. The Morgan fingerprint density at radius 2 is 2.05 bits per heavy atom. The zero-order valence-electron chi connectivity index (χ0n) is 12.5. The molecule has 0 radical (unpaired) electrons. The van der Waals surface area contributed by atoms with Crippen LogP contribution in [0.3, 0.4) is 0 Å². The van der Waals surface area contributed by atoms with E-state index in [1.54, 1.807) is 4.90 Å². The lowest BCUT2D eigenvalue weighted by atomic mass is 9.84. The van der Waals surface area contributed by atoms with E-state index in [1.165, 1.54) is 0 Å². The highest BCUT2D eigenvalue weighted by atomic mass is 16.6. The molecular formula is C14H25NO5. The molecule has 1 fully saturated rings. The third-order valence-corrected chi connectivity index (χ3v) is 3.45. The summed E-state index contributed by atoms with van der Waals surface area (Å²) in [6.07, 6.45) is 1.20. The van der Waals surface area contributed by atoms with E-state index in [9.17, 15) is 14.7 Å². The number of piperidine rings is 1. The Kier molecular flexibility index (Phi) is 5.80. The summed E-state index contributed by atoms with van der Waals surface area (Å²) in [5.74, 6) is -1.21. The van der Waals surface area contributed by atoms with Crippen molar-refractivity contribution in [3.63, 3.8) is 0 Å². The standard InChI is InChI=1S/C14H25NO5/c1-14(2,3)20-13(19)15-6-4-5-10(8-15)11(9-16)7-12(17)18/h10-11,16H,4-9H2,1-3H3,(H,17,18). The predicted molar refractivity (Wildman–Crippen MR) is 73.4 cm³/mol. The molecule has 0 aliphatic carbocycles. The number of aliphatic carboxylic acids is 1. The molecule has 2 N–H and O–H groups in total. The van der Waals surface area contributed by atoms with Crippen LogP contribution < -0.4 is 0 Å². The molecule has 0 saturated carbocycles. The molecule has 20 heavy (non-hydrogen) atoms. The first-order valence-corrected chi connectivity index (χ1v) is 7.03. The van der Waals surface area contributed by atoms with E-state index in [-0.39, 0.29) is 31.0 Å². The maximum Gasteiger partial charge on any atom is 0.410 e. The number of rotatable bonds is 4. The van der Waals surface area contributed by atoms with Crippen LogP contribution in [-0.4, -0.2) is 52.5 Å². The number of carbonyl (C=O) groups excluding carboxylic acids is 1. The summed E-state index contributed by atoms with van der Waals surface area (Å²) < 4.78 is 5.33. The topological polar surface area (TPSA) is 87.1 Å². The van der Waals surface area contributed by atoms with Gasteiger partial charge in [-0.2, -0.15) is 0 Å². The van der Waals surface area contributed by atoms with E-state index in [0.717, 1.165) is 12.8 Å². The lowest BCUT2D eigenvalue weighted by Crippen LogP contribution is -2.45. The molecule has 0 aromatic heterocycles. The second kappa shape index (κ2) is 6.92. The van der Waals surface area contributed by atoms with Gasteiger partial charge in [-0.1, -0.05) is 0 Å². The summed E-state index contributed by atoms with van der Waals surface area (Å²) >= 11 is 0. The van der Waals surface area contributed by atoms with Crippen molar-refractivity contribution >= 4 is 12.1 Å². The minimum atomic E-state index is -0.918. The molecule has 6 nitrogen and oxygen atoms in total. The Morgan fingerprint density at radius 3 is 2.55 bits per heavy atom. The average molecular weight is 287 g/mol. The largest absolute Gasteiger partial charge is 0.481 e. The molecule has 116 valence electrons. The number of aliphatic hydroxyl groups is 1. The van der Waals surface area contributed by atoms with Crippen LogP contribution in [0.5, 0.6) is 0 Å². The molecule has 1 saturated heterocycles. The lowest BCUT2D eigenvalue weighted by Gasteiger charge is -2.36. The summed E-state index contributed by atoms with van der Waals surface area (Å²) in [4.78, 5) is 24.4. The van der Waals surface area contributed by atoms with Crippen LogP contribution in [0.2, 0.25) is 0 Å². The first-order chi connectivity index (χ1) is 9.23. The van der Waals surface area contributed by atoms with Crippen LogP contribution in [0.4, 0.5) is 4.79 Å². The molecule has 0 bridgehead atoms. The van der Waals surface area contributed by atoms with Crippen LogP contribution in [0.15, 0.2) is 0 Å². The Bertz CT molecular complexity index is 350. The van der Waals surface area contributed by atoms with Crippen molar-refractivity contribution in [1.82, 2.24) is 4.90 Å². The Morgan fingerprint density at radius 1 is 1.40 bits per heavy atom. The second-order valence-corrected chi connectivity index (χ2v) is 6.37. The number of carboxylic acids is 1. The van der Waals surface area contributed by atoms with Crippen LogP contribution in [0.25, 0.3) is 0 Å². The van der Waals surface area contributed by atoms with Crippen LogP contribution in [0, 0.1) is 11.8 Å². The molecule has 1 aliphatic rings. The van der Waals surface area contributed by atoms with Gasteiger partial charge < -0.3 is 19.8 Å². The van der Waals surface area contributed by atoms with Gasteiger partial charge >= 0.3 is 12.1 Å². The highest BCUT2D eigenvalue weighted by Gasteiger charge is 2.32. The third-order valence-electron chi connectivity index (χ3n) is 3.45. The fourth-order valence-corrected chi connectivity index (χ4v) is 2.49. The molecule has 2 unspecified atom stereocenters. The monoisotopic (exact) mass is 287 g/mol.